The van der Waals surface area contributed by atoms with Gasteiger partial charge in [0, 0.05) is 11.5 Å². The molecule has 8 heteroatoms. The summed E-state index contributed by atoms with van der Waals surface area (Å²) in [6.45, 7) is 1.94. The number of hydrogen-bond donors (Lipinski definition) is 2. The Labute approximate surface area is 148 Å². The standard InChI is InChI=1S/C18H14N8/c1-11-8-15(24-18-16-17(20-9-19-16)21-10-22-18)26(25-11)14-7-6-12-4-2-3-5-13(12)23-14/h2-10H,1H3,(H2,19,20,21,22,24). The average Bonchev–Trinajstić information content (AvgIpc) is 3.28. The highest BCUT2D eigenvalue weighted by atomic mass is 15.4. The van der Waals surface area contributed by atoms with Crippen molar-refractivity contribution in [3.63, 3.8) is 0 Å². The second kappa shape index (κ2) is 5.62. The largest absolute Gasteiger partial charge is 0.340 e. The molecule has 2 N–H and O–H groups in total. The molecule has 4 heterocycles. The number of nitrogens with zero attached hydrogens (tertiary/aromatic N) is 6. The van der Waals surface area contributed by atoms with Crippen molar-refractivity contribution >= 4 is 33.7 Å². The number of benzene rings is 1. The molecule has 0 fully saturated rings. The summed E-state index contributed by atoms with van der Waals surface area (Å²) in [6, 6.07) is 13.9. The number of hydrogen-bond acceptors (Lipinski definition) is 6. The highest BCUT2D eigenvalue weighted by Crippen LogP contribution is 2.24. The maximum atomic E-state index is 4.72. The first-order chi connectivity index (χ1) is 12.8. The van der Waals surface area contributed by atoms with Crippen molar-refractivity contribution in [3.05, 3.63) is 60.8 Å². The second-order valence-corrected chi connectivity index (χ2v) is 5.89. The Morgan fingerprint density at radius 3 is 2.92 bits per heavy atom. The fourth-order valence-electron chi connectivity index (χ4n) is 2.92. The van der Waals surface area contributed by atoms with Crippen molar-refractivity contribution in [1.29, 1.82) is 0 Å². The van der Waals surface area contributed by atoms with Crippen molar-refractivity contribution in [3.8, 4) is 5.82 Å². The summed E-state index contributed by atoms with van der Waals surface area (Å²) in [7, 11) is 0. The van der Waals surface area contributed by atoms with E-state index in [9.17, 15) is 0 Å². The average molecular weight is 342 g/mol. The number of aromatic amines is 1. The van der Waals surface area contributed by atoms with E-state index in [1.807, 2.05) is 49.4 Å². The summed E-state index contributed by atoms with van der Waals surface area (Å²) in [5.41, 5.74) is 3.14. The lowest BCUT2D eigenvalue weighted by molar-refractivity contribution is 0.844. The fraction of sp³-hybridized carbons (Fsp3) is 0.0556. The first-order valence-corrected chi connectivity index (χ1v) is 8.12. The Kier molecular flexibility index (Phi) is 3.14. The van der Waals surface area contributed by atoms with Crippen LogP contribution in [0.1, 0.15) is 5.69 Å². The van der Waals surface area contributed by atoms with E-state index in [2.05, 4.69) is 30.4 Å². The molecule has 5 rings (SSSR count). The predicted molar refractivity (Wildman–Crippen MR) is 98.6 cm³/mol. The lowest BCUT2D eigenvalue weighted by Crippen LogP contribution is -2.06. The fourth-order valence-corrected chi connectivity index (χ4v) is 2.92. The molecule has 0 spiro atoms. The Morgan fingerprint density at radius 1 is 1.04 bits per heavy atom. The van der Waals surface area contributed by atoms with Gasteiger partial charge < -0.3 is 10.3 Å². The van der Waals surface area contributed by atoms with E-state index in [0.29, 0.717) is 11.5 Å². The number of nitrogens with one attached hydrogen (secondary N) is 2. The minimum Gasteiger partial charge on any atom is -0.340 e. The normalized spacial score (nSPS) is 11.3. The third kappa shape index (κ3) is 2.35. The number of para-hydroxylation sites is 1. The monoisotopic (exact) mass is 342 g/mol. The first-order valence-electron chi connectivity index (χ1n) is 8.12. The quantitative estimate of drug-likeness (QED) is 0.523. The molecule has 0 amide bonds. The van der Waals surface area contributed by atoms with Crippen molar-refractivity contribution in [2.24, 2.45) is 0 Å². The van der Waals surface area contributed by atoms with Crippen LogP contribution in [0.2, 0.25) is 0 Å². The van der Waals surface area contributed by atoms with Crippen LogP contribution in [-0.4, -0.2) is 34.7 Å². The van der Waals surface area contributed by atoms with Gasteiger partial charge in [-0.2, -0.15) is 9.78 Å². The van der Waals surface area contributed by atoms with Crippen LogP contribution < -0.4 is 5.32 Å². The highest BCUT2D eigenvalue weighted by molar-refractivity contribution is 5.84. The van der Waals surface area contributed by atoms with E-state index in [-0.39, 0.29) is 0 Å². The third-order valence-electron chi connectivity index (χ3n) is 4.10. The summed E-state index contributed by atoms with van der Waals surface area (Å²) in [4.78, 5) is 20.4. The van der Waals surface area contributed by atoms with Crippen LogP contribution >= 0.6 is 0 Å². The summed E-state index contributed by atoms with van der Waals surface area (Å²) in [5, 5.41) is 8.97. The molecule has 0 saturated carbocycles. The van der Waals surface area contributed by atoms with Crippen molar-refractivity contribution in [2.75, 3.05) is 5.32 Å². The Morgan fingerprint density at radius 2 is 1.96 bits per heavy atom. The molecule has 0 unspecified atom stereocenters. The number of pyridine rings is 1. The Hall–Kier alpha value is -3.81. The van der Waals surface area contributed by atoms with Crippen molar-refractivity contribution in [1.82, 2.24) is 34.7 Å². The number of aryl methyl sites for hydroxylation is 1. The topological polar surface area (TPSA) is 97.2 Å². The number of aromatic nitrogens is 7. The number of anilines is 2. The lowest BCUT2D eigenvalue weighted by Gasteiger charge is -2.09. The minimum absolute atomic E-state index is 0.606. The van der Waals surface area contributed by atoms with Crippen LogP contribution in [0.15, 0.2) is 55.1 Å². The maximum absolute atomic E-state index is 4.72. The van der Waals surface area contributed by atoms with E-state index < -0.39 is 0 Å². The van der Waals surface area contributed by atoms with Crippen LogP contribution in [0.3, 0.4) is 0 Å². The number of rotatable bonds is 3. The molecule has 8 nitrogen and oxygen atoms in total. The van der Waals surface area contributed by atoms with Crippen molar-refractivity contribution < 1.29 is 0 Å². The highest BCUT2D eigenvalue weighted by Gasteiger charge is 2.13. The van der Waals surface area contributed by atoms with Gasteiger partial charge in [-0.15, -0.1) is 0 Å². The molecule has 5 aromatic rings. The zero-order valence-electron chi connectivity index (χ0n) is 13.9. The molecule has 0 aliphatic heterocycles. The Balaban J connectivity index is 1.61. The molecule has 0 bridgehead atoms. The van der Waals surface area contributed by atoms with E-state index in [0.717, 1.165) is 33.7 Å². The smallest absolute Gasteiger partial charge is 0.182 e. The zero-order valence-corrected chi connectivity index (χ0v) is 13.9. The SMILES string of the molecule is Cc1cc(Nc2ncnc3nc[nH]c23)n(-c2ccc3ccccc3n2)n1. The lowest BCUT2D eigenvalue weighted by atomic mass is 10.2. The van der Waals surface area contributed by atoms with E-state index >= 15 is 0 Å². The molecular weight excluding hydrogens is 328 g/mol. The van der Waals surface area contributed by atoms with Gasteiger partial charge in [0.25, 0.3) is 0 Å². The summed E-state index contributed by atoms with van der Waals surface area (Å²) >= 11 is 0. The molecule has 0 saturated heterocycles. The van der Waals surface area contributed by atoms with Gasteiger partial charge in [-0.25, -0.2) is 19.9 Å². The van der Waals surface area contributed by atoms with Gasteiger partial charge in [0.05, 0.1) is 17.5 Å². The van der Waals surface area contributed by atoms with Crippen LogP contribution in [-0.2, 0) is 0 Å². The van der Waals surface area contributed by atoms with E-state index in [4.69, 9.17) is 4.98 Å². The predicted octanol–water partition coefficient (Wildman–Crippen LogP) is 3.14. The molecule has 26 heavy (non-hydrogen) atoms. The summed E-state index contributed by atoms with van der Waals surface area (Å²) < 4.78 is 1.77. The molecule has 0 aliphatic rings. The van der Waals surface area contributed by atoms with E-state index in [1.165, 1.54) is 6.33 Å². The van der Waals surface area contributed by atoms with Gasteiger partial charge in [0.2, 0.25) is 0 Å². The summed E-state index contributed by atoms with van der Waals surface area (Å²) in [6.07, 6.45) is 3.07. The molecule has 126 valence electrons. The molecule has 0 aliphatic carbocycles. The Bertz CT molecular complexity index is 1240. The van der Waals surface area contributed by atoms with Gasteiger partial charge >= 0.3 is 0 Å². The first kappa shape index (κ1) is 14.5. The molecule has 0 atom stereocenters. The van der Waals surface area contributed by atoms with Crippen molar-refractivity contribution in [2.45, 2.75) is 6.92 Å². The van der Waals surface area contributed by atoms with Gasteiger partial charge in [0.1, 0.15) is 17.7 Å². The van der Waals surface area contributed by atoms with Gasteiger partial charge in [0.15, 0.2) is 17.3 Å². The third-order valence-corrected chi connectivity index (χ3v) is 4.10. The molecule has 1 aromatic carbocycles. The number of H-pyrrole nitrogens is 1. The molecule has 0 radical (unpaired) electrons. The number of imidazole rings is 1. The minimum atomic E-state index is 0.606. The van der Waals surface area contributed by atoms with Gasteiger partial charge in [-0.05, 0) is 25.1 Å². The molecular formula is C18H14N8. The zero-order chi connectivity index (χ0) is 17.5. The van der Waals surface area contributed by atoms with Crippen LogP contribution in [0.4, 0.5) is 11.6 Å². The van der Waals surface area contributed by atoms with Gasteiger partial charge in [-0.3, -0.25) is 0 Å². The number of fused-ring (bicyclic) bond motifs is 2. The van der Waals surface area contributed by atoms with E-state index in [1.54, 1.807) is 11.0 Å². The van der Waals surface area contributed by atoms with Gasteiger partial charge in [-0.1, -0.05) is 18.2 Å². The summed E-state index contributed by atoms with van der Waals surface area (Å²) in [5.74, 6) is 2.13. The van der Waals surface area contributed by atoms with Crippen LogP contribution in [0, 0.1) is 6.92 Å². The molecule has 4 aromatic heterocycles. The van der Waals surface area contributed by atoms with Crippen LogP contribution in [0.5, 0.6) is 0 Å². The van der Waals surface area contributed by atoms with Crippen LogP contribution in [0.25, 0.3) is 27.9 Å². The second-order valence-electron chi connectivity index (χ2n) is 5.89. The maximum Gasteiger partial charge on any atom is 0.182 e.